The van der Waals surface area contributed by atoms with E-state index in [0.29, 0.717) is 25.3 Å². The van der Waals surface area contributed by atoms with Crippen molar-refractivity contribution in [2.24, 2.45) is 0 Å². The number of morpholine rings is 1. The van der Waals surface area contributed by atoms with E-state index >= 15 is 0 Å². The lowest BCUT2D eigenvalue weighted by atomic mass is 10.2. The Morgan fingerprint density at radius 3 is 2.61 bits per heavy atom. The van der Waals surface area contributed by atoms with E-state index in [9.17, 15) is 8.42 Å². The molecule has 2 rings (SSSR count). The van der Waals surface area contributed by atoms with Gasteiger partial charge < -0.3 is 9.84 Å². The number of rotatable bonds is 3. The van der Waals surface area contributed by atoms with Gasteiger partial charge in [0.05, 0.1) is 24.7 Å². The Hall–Kier alpha value is -0.950. The van der Waals surface area contributed by atoms with Gasteiger partial charge in [0, 0.05) is 12.6 Å². The summed E-state index contributed by atoms with van der Waals surface area (Å²) in [6, 6.07) is 6.16. The molecule has 0 spiro atoms. The Kier molecular flexibility index (Phi) is 4.01. The Bertz CT molecular complexity index is 497. The first-order valence-electron chi connectivity index (χ1n) is 5.85. The van der Waals surface area contributed by atoms with Crippen molar-refractivity contribution < 1.29 is 18.3 Å². The SMILES string of the molecule is CC1COCCN1S(=O)(=O)c1ccc(CO)cc1. The standard InChI is InChI=1S/C12H17NO4S/c1-10-9-17-7-6-13(10)18(15,16)12-4-2-11(8-14)3-5-12/h2-5,10,14H,6-9H2,1H3. The van der Waals surface area contributed by atoms with Crippen LogP contribution in [0.15, 0.2) is 29.2 Å². The van der Waals surface area contributed by atoms with Gasteiger partial charge in [-0.3, -0.25) is 0 Å². The molecule has 1 atom stereocenters. The van der Waals surface area contributed by atoms with E-state index in [4.69, 9.17) is 9.84 Å². The minimum atomic E-state index is -3.46. The van der Waals surface area contributed by atoms with Crippen LogP contribution >= 0.6 is 0 Å². The number of aliphatic hydroxyl groups excluding tert-OH is 1. The molecule has 0 saturated carbocycles. The molecule has 1 aromatic carbocycles. The molecule has 5 nitrogen and oxygen atoms in total. The number of hydrogen-bond acceptors (Lipinski definition) is 4. The molecule has 1 fully saturated rings. The lowest BCUT2D eigenvalue weighted by molar-refractivity contribution is 0.0393. The van der Waals surface area contributed by atoms with Crippen LogP contribution in [0.25, 0.3) is 0 Å². The normalized spacial score (nSPS) is 22.0. The zero-order valence-corrected chi connectivity index (χ0v) is 11.1. The maximum absolute atomic E-state index is 12.4. The molecule has 0 bridgehead atoms. The molecule has 0 amide bonds. The van der Waals surface area contributed by atoms with Crippen molar-refractivity contribution in [2.45, 2.75) is 24.5 Å². The summed E-state index contributed by atoms with van der Waals surface area (Å²) in [6.45, 7) is 2.98. The van der Waals surface area contributed by atoms with E-state index < -0.39 is 10.0 Å². The lowest BCUT2D eigenvalue weighted by Crippen LogP contribution is -2.46. The first-order valence-corrected chi connectivity index (χ1v) is 7.29. The second-order valence-corrected chi connectivity index (χ2v) is 6.23. The van der Waals surface area contributed by atoms with Gasteiger partial charge in [0.2, 0.25) is 10.0 Å². The quantitative estimate of drug-likeness (QED) is 0.873. The van der Waals surface area contributed by atoms with Crippen molar-refractivity contribution in [1.29, 1.82) is 0 Å². The van der Waals surface area contributed by atoms with Crippen LogP contribution in [0.4, 0.5) is 0 Å². The van der Waals surface area contributed by atoms with E-state index in [-0.39, 0.29) is 17.5 Å². The van der Waals surface area contributed by atoms with Gasteiger partial charge in [0.1, 0.15) is 0 Å². The first-order chi connectivity index (χ1) is 8.55. The second kappa shape index (κ2) is 5.36. The van der Waals surface area contributed by atoms with Crippen LogP contribution < -0.4 is 0 Å². The molecule has 1 unspecified atom stereocenters. The number of benzene rings is 1. The molecule has 18 heavy (non-hydrogen) atoms. The van der Waals surface area contributed by atoms with E-state index in [1.807, 2.05) is 6.92 Å². The number of sulfonamides is 1. The minimum Gasteiger partial charge on any atom is -0.392 e. The van der Waals surface area contributed by atoms with Gasteiger partial charge in [-0.05, 0) is 24.6 Å². The van der Waals surface area contributed by atoms with Crippen molar-refractivity contribution in [1.82, 2.24) is 4.31 Å². The highest BCUT2D eigenvalue weighted by atomic mass is 32.2. The van der Waals surface area contributed by atoms with Crippen molar-refractivity contribution in [3.05, 3.63) is 29.8 Å². The predicted molar refractivity (Wildman–Crippen MR) is 66.5 cm³/mol. The number of nitrogens with zero attached hydrogens (tertiary/aromatic N) is 1. The first kappa shape index (κ1) is 13.5. The van der Waals surface area contributed by atoms with Crippen molar-refractivity contribution in [2.75, 3.05) is 19.8 Å². The largest absolute Gasteiger partial charge is 0.392 e. The predicted octanol–water partition coefficient (Wildman–Crippen LogP) is 0.588. The molecule has 1 aliphatic rings. The molecule has 0 aromatic heterocycles. The third kappa shape index (κ3) is 2.56. The van der Waals surface area contributed by atoms with E-state index in [0.717, 1.165) is 0 Å². The van der Waals surface area contributed by atoms with Crippen LogP contribution in [0.5, 0.6) is 0 Å². The Labute approximate surface area is 107 Å². The smallest absolute Gasteiger partial charge is 0.243 e. The van der Waals surface area contributed by atoms with Crippen LogP contribution in [-0.4, -0.2) is 43.6 Å². The highest BCUT2D eigenvalue weighted by molar-refractivity contribution is 7.89. The molecular weight excluding hydrogens is 254 g/mol. The summed E-state index contributed by atoms with van der Waals surface area (Å²) in [5.74, 6) is 0. The summed E-state index contributed by atoms with van der Waals surface area (Å²) in [6.07, 6.45) is 0. The molecule has 1 N–H and O–H groups in total. The molecule has 1 saturated heterocycles. The van der Waals surface area contributed by atoms with Crippen LogP contribution in [-0.2, 0) is 21.4 Å². The third-order valence-electron chi connectivity index (χ3n) is 3.02. The summed E-state index contributed by atoms with van der Waals surface area (Å²) >= 11 is 0. The summed E-state index contributed by atoms with van der Waals surface area (Å²) < 4.78 is 31.5. The highest BCUT2D eigenvalue weighted by Crippen LogP contribution is 2.20. The fraction of sp³-hybridized carbons (Fsp3) is 0.500. The summed E-state index contributed by atoms with van der Waals surface area (Å²) in [7, 11) is -3.46. The molecule has 0 aliphatic carbocycles. The van der Waals surface area contributed by atoms with Crippen molar-refractivity contribution in [3.63, 3.8) is 0 Å². The van der Waals surface area contributed by atoms with Crippen molar-refractivity contribution in [3.8, 4) is 0 Å². The maximum Gasteiger partial charge on any atom is 0.243 e. The van der Waals surface area contributed by atoms with Gasteiger partial charge in [-0.25, -0.2) is 8.42 Å². The van der Waals surface area contributed by atoms with E-state index in [1.54, 1.807) is 12.1 Å². The fourth-order valence-corrected chi connectivity index (χ4v) is 3.57. The highest BCUT2D eigenvalue weighted by Gasteiger charge is 2.31. The monoisotopic (exact) mass is 271 g/mol. The summed E-state index contributed by atoms with van der Waals surface area (Å²) in [4.78, 5) is 0.258. The number of hydrogen-bond donors (Lipinski definition) is 1. The Balaban J connectivity index is 2.28. The number of aliphatic hydroxyl groups is 1. The van der Waals surface area contributed by atoms with Gasteiger partial charge >= 0.3 is 0 Å². The van der Waals surface area contributed by atoms with E-state index in [2.05, 4.69) is 0 Å². The van der Waals surface area contributed by atoms with Crippen molar-refractivity contribution >= 4 is 10.0 Å². The molecule has 1 aromatic rings. The average molecular weight is 271 g/mol. The fourth-order valence-electron chi connectivity index (χ4n) is 1.97. The molecular formula is C12H17NO4S. The molecule has 6 heteroatoms. The van der Waals surface area contributed by atoms with E-state index in [1.165, 1.54) is 16.4 Å². The van der Waals surface area contributed by atoms with Gasteiger partial charge in [-0.2, -0.15) is 4.31 Å². The average Bonchev–Trinajstić information content (AvgIpc) is 2.39. The van der Waals surface area contributed by atoms with Crippen LogP contribution in [0.1, 0.15) is 12.5 Å². The lowest BCUT2D eigenvalue weighted by Gasteiger charge is -2.32. The van der Waals surface area contributed by atoms with Crippen LogP contribution in [0.2, 0.25) is 0 Å². The second-order valence-electron chi connectivity index (χ2n) is 4.34. The van der Waals surface area contributed by atoms with Gasteiger partial charge in [-0.15, -0.1) is 0 Å². The summed E-state index contributed by atoms with van der Waals surface area (Å²) in [5.41, 5.74) is 0.698. The topological polar surface area (TPSA) is 66.8 Å². The van der Waals surface area contributed by atoms with Gasteiger partial charge in [-0.1, -0.05) is 12.1 Å². The summed E-state index contributed by atoms with van der Waals surface area (Å²) in [5, 5.41) is 8.95. The molecule has 1 aliphatic heterocycles. The van der Waals surface area contributed by atoms with Crippen LogP contribution in [0, 0.1) is 0 Å². The Morgan fingerprint density at radius 2 is 2.06 bits per heavy atom. The van der Waals surface area contributed by atoms with Gasteiger partial charge in [0.15, 0.2) is 0 Å². The maximum atomic E-state index is 12.4. The van der Waals surface area contributed by atoms with Crippen LogP contribution in [0.3, 0.4) is 0 Å². The minimum absolute atomic E-state index is 0.0890. The van der Waals surface area contributed by atoms with Gasteiger partial charge in [0.25, 0.3) is 0 Å². The third-order valence-corrected chi connectivity index (χ3v) is 5.05. The number of ether oxygens (including phenoxy) is 1. The zero-order valence-electron chi connectivity index (χ0n) is 10.2. The molecule has 1 heterocycles. The molecule has 100 valence electrons. The Morgan fingerprint density at radius 1 is 1.39 bits per heavy atom. The molecule has 0 radical (unpaired) electrons. The zero-order chi connectivity index (χ0) is 13.2.